The van der Waals surface area contributed by atoms with Crippen LogP contribution in [0.3, 0.4) is 0 Å². The largest absolute Gasteiger partial charge is 0.383 e. The molecule has 0 radical (unpaired) electrons. The van der Waals surface area contributed by atoms with Crippen LogP contribution in [0.4, 0.5) is 21.5 Å². The fourth-order valence-electron chi connectivity index (χ4n) is 3.52. The number of anilines is 3. The summed E-state index contributed by atoms with van der Waals surface area (Å²) in [6.07, 6.45) is 2.30. The standard InChI is InChI=1S/C21H29FN6S/c1-15-6-2-3-7-18(15)24-8-9-25-19-13-20(28-10-4-5-11-28)16(12-17(19)22)14-26-27-21(23)29/h2-3,6-7,12-13,24-26H,4-5,8-11,14H2,1H3,(H3,23,27,29). The van der Waals surface area contributed by atoms with Crippen LogP contribution in [0, 0.1) is 12.7 Å². The highest BCUT2D eigenvalue weighted by molar-refractivity contribution is 7.80. The van der Waals surface area contributed by atoms with E-state index in [4.69, 9.17) is 18.0 Å². The summed E-state index contributed by atoms with van der Waals surface area (Å²) < 4.78 is 14.7. The molecule has 0 saturated carbocycles. The van der Waals surface area contributed by atoms with Gasteiger partial charge in [-0.25, -0.2) is 9.82 Å². The zero-order chi connectivity index (χ0) is 20.6. The first-order valence-corrected chi connectivity index (χ1v) is 10.3. The topological polar surface area (TPSA) is 77.4 Å². The molecule has 0 amide bonds. The molecular weight excluding hydrogens is 387 g/mol. The van der Waals surface area contributed by atoms with Crippen LogP contribution >= 0.6 is 12.2 Å². The normalized spacial score (nSPS) is 13.4. The van der Waals surface area contributed by atoms with Gasteiger partial charge in [0.2, 0.25) is 0 Å². The van der Waals surface area contributed by atoms with Gasteiger partial charge in [0, 0.05) is 44.1 Å². The first-order chi connectivity index (χ1) is 14.0. The van der Waals surface area contributed by atoms with E-state index in [1.54, 1.807) is 6.07 Å². The molecule has 6 nitrogen and oxygen atoms in total. The van der Waals surface area contributed by atoms with Gasteiger partial charge in [0.1, 0.15) is 5.82 Å². The lowest BCUT2D eigenvalue weighted by Crippen LogP contribution is -2.40. The van der Waals surface area contributed by atoms with Crippen LogP contribution in [0.1, 0.15) is 24.0 Å². The lowest BCUT2D eigenvalue weighted by molar-refractivity contribution is 0.616. The van der Waals surface area contributed by atoms with E-state index in [9.17, 15) is 4.39 Å². The van der Waals surface area contributed by atoms with Gasteiger partial charge in [-0.3, -0.25) is 5.43 Å². The van der Waals surface area contributed by atoms with Gasteiger partial charge in [-0.05, 0) is 61.3 Å². The van der Waals surface area contributed by atoms with E-state index in [2.05, 4.69) is 39.4 Å². The number of halogens is 1. The number of hydrazine groups is 1. The van der Waals surface area contributed by atoms with Gasteiger partial charge in [0.15, 0.2) is 5.11 Å². The number of aryl methyl sites for hydroxylation is 1. The molecule has 1 aliphatic heterocycles. The number of nitrogens with two attached hydrogens (primary N) is 1. The van der Waals surface area contributed by atoms with E-state index in [-0.39, 0.29) is 10.9 Å². The maximum Gasteiger partial charge on any atom is 0.178 e. The molecule has 0 spiro atoms. The first-order valence-electron chi connectivity index (χ1n) is 9.93. The zero-order valence-electron chi connectivity index (χ0n) is 16.7. The number of nitrogens with zero attached hydrogens (tertiary/aromatic N) is 1. The summed E-state index contributed by atoms with van der Waals surface area (Å²) in [7, 11) is 0. The highest BCUT2D eigenvalue weighted by atomic mass is 32.1. The summed E-state index contributed by atoms with van der Waals surface area (Å²) in [5.74, 6) is -0.268. The van der Waals surface area contributed by atoms with Crippen molar-refractivity contribution in [1.29, 1.82) is 0 Å². The lowest BCUT2D eigenvalue weighted by atomic mass is 10.1. The van der Waals surface area contributed by atoms with Crippen molar-refractivity contribution in [3.63, 3.8) is 0 Å². The Kier molecular flexibility index (Phi) is 7.48. The molecule has 1 aliphatic rings. The van der Waals surface area contributed by atoms with Gasteiger partial charge in [0.05, 0.1) is 5.69 Å². The van der Waals surface area contributed by atoms with Crippen molar-refractivity contribution in [3.8, 4) is 0 Å². The Morgan fingerprint density at radius 3 is 2.48 bits per heavy atom. The van der Waals surface area contributed by atoms with E-state index in [1.807, 2.05) is 24.3 Å². The fraction of sp³-hybridized carbons (Fsp3) is 0.381. The number of thiocarbonyl (C=S) groups is 1. The van der Waals surface area contributed by atoms with Gasteiger partial charge < -0.3 is 21.3 Å². The van der Waals surface area contributed by atoms with Crippen LogP contribution in [0.15, 0.2) is 36.4 Å². The monoisotopic (exact) mass is 416 g/mol. The Morgan fingerprint density at radius 1 is 1.10 bits per heavy atom. The minimum atomic E-state index is -0.268. The highest BCUT2D eigenvalue weighted by Gasteiger charge is 2.18. The summed E-state index contributed by atoms with van der Waals surface area (Å²) in [4.78, 5) is 2.30. The maximum absolute atomic E-state index is 14.7. The third kappa shape index (κ3) is 5.95. The van der Waals surface area contributed by atoms with Crippen molar-refractivity contribution in [1.82, 2.24) is 10.9 Å². The predicted octanol–water partition coefficient (Wildman–Crippen LogP) is 3.10. The average molecular weight is 417 g/mol. The molecule has 0 aliphatic carbocycles. The first kappa shape index (κ1) is 21.1. The molecule has 0 unspecified atom stereocenters. The predicted molar refractivity (Wildman–Crippen MR) is 123 cm³/mol. The lowest BCUT2D eigenvalue weighted by Gasteiger charge is -2.23. The molecule has 2 aromatic carbocycles. The Balaban J connectivity index is 1.65. The molecule has 1 fully saturated rings. The molecular formula is C21H29FN6S. The number of nitrogens with one attached hydrogen (secondary N) is 4. The molecule has 3 rings (SSSR count). The van der Waals surface area contributed by atoms with Crippen molar-refractivity contribution >= 4 is 34.4 Å². The summed E-state index contributed by atoms with van der Waals surface area (Å²) in [6.45, 7) is 5.77. The third-order valence-electron chi connectivity index (χ3n) is 5.01. The van der Waals surface area contributed by atoms with Gasteiger partial charge in [-0.15, -0.1) is 0 Å². The minimum Gasteiger partial charge on any atom is -0.383 e. The number of hydrogen-bond acceptors (Lipinski definition) is 5. The van der Waals surface area contributed by atoms with Crippen LogP contribution in [0.2, 0.25) is 0 Å². The second-order valence-corrected chi connectivity index (χ2v) is 7.61. The van der Waals surface area contributed by atoms with Crippen molar-refractivity contribution in [2.45, 2.75) is 26.3 Å². The molecule has 6 N–H and O–H groups in total. The van der Waals surface area contributed by atoms with Crippen LogP contribution in [-0.4, -0.2) is 31.3 Å². The second-order valence-electron chi connectivity index (χ2n) is 7.17. The SMILES string of the molecule is Cc1ccccc1NCCNc1cc(N2CCCC2)c(CNNC(N)=S)cc1F. The number of benzene rings is 2. The van der Waals surface area contributed by atoms with E-state index >= 15 is 0 Å². The average Bonchev–Trinajstić information content (AvgIpc) is 3.22. The Labute approximate surface area is 177 Å². The Hall–Kier alpha value is -2.58. The molecule has 29 heavy (non-hydrogen) atoms. The smallest absolute Gasteiger partial charge is 0.178 e. The molecule has 1 heterocycles. The number of para-hydroxylation sites is 1. The molecule has 2 aromatic rings. The molecule has 1 saturated heterocycles. The molecule has 0 atom stereocenters. The molecule has 156 valence electrons. The van der Waals surface area contributed by atoms with E-state index in [1.165, 1.54) is 5.56 Å². The summed E-state index contributed by atoms with van der Waals surface area (Å²) in [5.41, 5.74) is 15.8. The highest BCUT2D eigenvalue weighted by Crippen LogP contribution is 2.30. The second kappa shape index (κ2) is 10.3. The van der Waals surface area contributed by atoms with Gasteiger partial charge in [0.25, 0.3) is 0 Å². The fourth-order valence-corrected chi connectivity index (χ4v) is 3.60. The molecule has 8 heteroatoms. The van der Waals surface area contributed by atoms with Gasteiger partial charge in [-0.1, -0.05) is 18.2 Å². The van der Waals surface area contributed by atoms with Crippen molar-refractivity contribution in [2.24, 2.45) is 5.73 Å². The van der Waals surface area contributed by atoms with Crippen LogP contribution in [-0.2, 0) is 6.54 Å². The molecule has 0 aromatic heterocycles. The van der Waals surface area contributed by atoms with Crippen molar-refractivity contribution in [3.05, 3.63) is 53.3 Å². The molecule has 0 bridgehead atoms. The minimum absolute atomic E-state index is 0.160. The van der Waals surface area contributed by atoms with E-state index < -0.39 is 0 Å². The summed E-state index contributed by atoms with van der Waals surface area (Å²) >= 11 is 4.80. The zero-order valence-corrected chi connectivity index (χ0v) is 17.5. The summed E-state index contributed by atoms with van der Waals surface area (Å²) in [6, 6.07) is 11.6. The number of rotatable bonds is 9. The van der Waals surface area contributed by atoms with Gasteiger partial charge in [-0.2, -0.15) is 0 Å². The Bertz CT molecular complexity index is 838. The quantitative estimate of drug-likeness (QED) is 0.244. The van der Waals surface area contributed by atoms with Gasteiger partial charge >= 0.3 is 0 Å². The van der Waals surface area contributed by atoms with Crippen LogP contribution in [0.25, 0.3) is 0 Å². The third-order valence-corrected chi connectivity index (χ3v) is 5.11. The summed E-state index contributed by atoms with van der Waals surface area (Å²) in [5, 5.41) is 6.77. The van der Waals surface area contributed by atoms with E-state index in [0.717, 1.165) is 42.9 Å². The Morgan fingerprint density at radius 2 is 1.79 bits per heavy atom. The van der Waals surface area contributed by atoms with E-state index in [0.29, 0.717) is 25.3 Å². The maximum atomic E-state index is 14.7. The van der Waals surface area contributed by atoms with Crippen LogP contribution in [0.5, 0.6) is 0 Å². The number of hydrogen-bond donors (Lipinski definition) is 5. The van der Waals surface area contributed by atoms with Crippen molar-refractivity contribution < 1.29 is 4.39 Å². The van der Waals surface area contributed by atoms with Crippen LogP contribution < -0.4 is 32.1 Å². The van der Waals surface area contributed by atoms with Crippen molar-refractivity contribution in [2.75, 3.05) is 41.7 Å².